The van der Waals surface area contributed by atoms with Gasteiger partial charge >= 0.3 is 0 Å². The maximum Gasteiger partial charge on any atom is 0.234 e. The summed E-state index contributed by atoms with van der Waals surface area (Å²) in [4.78, 5) is 25.9. The molecule has 0 unspecified atom stereocenters. The minimum atomic E-state index is -0.258. The average Bonchev–Trinajstić information content (AvgIpc) is 2.46. The van der Waals surface area contributed by atoms with E-state index >= 15 is 0 Å². The van der Waals surface area contributed by atoms with Crippen LogP contribution in [0.15, 0.2) is 24.3 Å². The summed E-state index contributed by atoms with van der Waals surface area (Å²) in [5.41, 5.74) is 2.22. The van der Waals surface area contributed by atoms with Gasteiger partial charge in [0, 0.05) is 12.1 Å². The maximum atomic E-state index is 12.1. The summed E-state index contributed by atoms with van der Waals surface area (Å²) in [5, 5.41) is 5.85. The van der Waals surface area contributed by atoms with Crippen LogP contribution in [0, 0.1) is 6.92 Å². The van der Waals surface area contributed by atoms with Crippen molar-refractivity contribution in [3.63, 3.8) is 0 Å². The molecule has 24 heavy (non-hydrogen) atoms. The molecule has 0 saturated carbocycles. The number of hydrogen-bond acceptors (Lipinski definition) is 3. The molecule has 0 aliphatic rings. The Morgan fingerprint density at radius 2 is 1.71 bits per heavy atom. The van der Waals surface area contributed by atoms with Crippen molar-refractivity contribution in [3.8, 4) is 0 Å². The Morgan fingerprint density at radius 1 is 1.08 bits per heavy atom. The van der Waals surface area contributed by atoms with Crippen LogP contribution in [0.1, 0.15) is 38.8 Å². The number of nitrogens with one attached hydrogen (secondary N) is 2. The van der Waals surface area contributed by atoms with Crippen molar-refractivity contribution in [2.24, 2.45) is 0 Å². The monoisotopic (exact) mass is 333 g/mol. The van der Waals surface area contributed by atoms with Gasteiger partial charge in [0.1, 0.15) is 0 Å². The van der Waals surface area contributed by atoms with Crippen molar-refractivity contribution in [1.29, 1.82) is 0 Å². The van der Waals surface area contributed by atoms with Crippen LogP contribution in [0.5, 0.6) is 0 Å². The van der Waals surface area contributed by atoms with E-state index in [1.165, 1.54) is 11.1 Å². The fourth-order valence-electron chi connectivity index (χ4n) is 2.43. The summed E-state index contributed by atoms with van der Waals surface area (Å²) in [7, 11) is 0. The number of carbonyl (C=O) groups is 2. The van der Waals surface area contributed by atoms with Crippen LogP contribution in [-0.4, -0.2) is 48.4 Å². The highest BCUT2D eigenvalue weighted by atomic mass is 16.2. The zero-order valence-corrected chi connectivity index (χ0v) is 15.6. The Kier molecular flexibility index (Phi) is 7.92. The van der Waals surface area contributed by atoms with Crippen LogP contribution in [0.2, 0.25) is 0 Å². The zero-order valence-electron chi connectivity index (χ0n) is 15.6. The Bertz CT molecular complexity index is 550. The van der Waals surface area contributed by atoms with Gasteiger partial charge in [-0.1, -0.05) is 31.2 Å². The van der Waals surface area contributed by atoms with E-state index < -0.39 is 0 Å². The molecule has 5 nitrogen and oxygen atoms in total. The predicted molar refractivity (Wildman–Crippen MR) is 97.9 cm³/mol. The number of benzene rings is 1. The van der Waals surface area contributed by atoms with Gasteiger partial charge in [-0.15, -0.1) is 0 Å². The third-order valence-electron chi connectivity index (χ3n) is 3.67. The highest BCUT2D eigenvalue weighted by Gasteiger charge is 2.17. The van der Waals surface area contributed by atoms with Gasteiger partial charge in [0.15, 0.2) is 0 Å². The molecule has 2 amide bonds. The minimum absolute atomic E-state index is 0.0472. The number of hydrogen-bond donors (Lipinski definition) is 2. The van der Waals surface area contributed by atoms with Crippen LogP contribution in [-0.2, 0) is 16.0 Å². The number of carbonyl (C=O) groups excluding carboxylic acids is 2. The third kappa shape index (κ3) is 8.11. The van der Waals surface area contributed by atoms with Gasteiger partial charge in [-0.25, -0.2) is 0 Å². The number of rotatable bonds is 8. The van der Waals surface area contributed by atoms with Crippen molar-refractivity contribution in [2.75, 3.05) is 26.2 Å². The molecule has 0 aromatic heterocycles. The van der Waals surface area contributed by atoms with Gasteiger partial charge in [0.25, 0.3) is 0 Å². The maximum absolute atomic E-state index is 12.1. The van der Waals surface area contributed by atoms with E-state index in [1.54, 1.807) is 0 Å². The van der Waals surface area contributed by atoms with Gasteiger partial charge in [-0.05, 0) is 51.8 Å². The van der Waals surface area contributed by atoms with E-state index in [2.05, 4.69) is 29.7 Å². The summed E-state index contributed by atoms with van der Waals surface area (Å²) in [5.74, 6) is -0.106. The highest BCUT2D eigenvalue weighted by Crippen LogP contribution is 2.06. The predicted octanol–water partition coefficient (Wildman–Crippen LogP) is 1.89. The van der Waals surface area contributed by atoms with Crippen LogP contribution in [0.4, 0.5) is 0 Å². The molecule has 0 saturated heterocycles. The normalized spacial score (nSPS) is 11.4. The molecule has 0 aliphatic carbocycles. The molecule has 1 aromatic rings. The van der Waals surface area contributed by atoms with Gasteiger partial charge in [-0.3, -0.25) is 14.5 Å². The quantitative estimate of drug-likeness (QED) is 0.764. The molecular formula is C19H31N3O2. The van der Waals surface area contributed by atoms with Crippen LogP contribution in [0.3, 0.4) is 0 Å². The van der Waals surface area contributed by atoms with E-state index in [0.29, 0.717) is 13.1 Å². The molecule has 0 heterocycles. The smallest absolute Gasteiger partial charge is 0.234 e. The first-order valence-corrected chi connectivity index (χ1v) is 8.56. The summed E-state index contributed by atoms with van der Waals surface area (Å²) >= 11 is 0. The SMILES string of the molecule is CCN(CC(=O)NCCc1ccccc1C)CC(=O)NC(C)(C)C. The summed E-state index contributed by atoms with van der Waals surface area (Å²) in [6, 6.07) is 8.18. The lowest BCUT2D eigenvalue weighted by Crippen LogP contribution is -2.48. The molecule has 0 aliphatic heterocycles. The molecule has 1 rings (SSSR count). The Hall–Kier alpha value is -1.88. The first-order chi connectivity index (χ1) is 11.2. The summed E-state index contributed by atoms with van der Waals surface area (Å²) < 4.78 is 0. The molecule has 2 N–H and O–H groups in total. The van der Waals surface area contributed by atoms with Gasteiger partial charge in [-0.2, -0.15) is 0 Å². The van der Waals surface area contributed by atoms with Gasteiger partial charge < -0.3 is 10.6 Å². The fraction of sp³-hybridized carbons (Fsp3) is 0.579. The molecule has 0 bridgehead atoms. The number of likely N-dealkylation sites (N-methyl/N-ethyl adjacent to an activating group) is 1. The first kappa shape index (κ1) is 20.2. The fourth-order valence-corrected chi connectivity index (χ4v) is 2.43. The van der Waals surface area contributed by atoms with E-state index in [9.17, 15) is 9.59 Å². The summed E-state index contributed by atoms with van der Waals surface area (Å²) in [6.07, 6.45) is 0.815. The van der Waals surface area contributed by atoms with Crippen molar-refractivity contribution < 1.29 is 9.59 Å². The summed E-state index contributed by atoms with van der Waals surface area (Å²) in [6.45, 7) is 11.6. The number of amides is 2. The standard InChI is InChI=1S/C19H31N3O2/c1-6-22(14-18(24)21-19(3,4)5)13-17(23)20-12-11-16-10-8-7-9-15(16)2/h7-10H,6,11-14H2,1-5H3,(H,20,23)(H,21,24). The molecule has 5 heteroatoms. The van der Waals surface area contributed by atoms with Gasteiger partial charge in [0.05, 0.1) is 13.1 Å². The highest BCUT2D eigenvalue weighted by molar-refractivity contribution is 5.81. The van der Waals surface area contributed by atoms with E-state index in [-0.39, 0.29) is 30.4 Å². The molecule has 0 radical (unpaired) electrons. The Balaban J connectivity index is 2.36. The van der Waals surface area contributed by atoms with E-state index in [1.807, 2.05) is 44.7 Å². The first-order valence-electron chi connectivity index (χ1n) is 8.56. The lowest BCUT2D eigenvalue weighted by atomic mass is 10.1. The van der Waals surface area contributed by atoms with Crippen molar-refractivity contribution in [3.05, 3.63) is 35.4 Å². The second kappa shape index (κ2) is 9.42. The third-order valence-corrected chi connectivity index (χ3v) is 3.67. The molecular weight excluding hydrogens is 302 g/mol. The van der Waals surface area contributed by atoms with Crippen molar-refractivity contribution in [1.82, 2.24) is 15.5 Å². The Morgan fingerprint density at radius 3 is 2.29 bits per heavy atom. The second-order valence-electron chi connectivity index (χ2n) is 7.13. The average molecular weight is 333 g/mol. The van der Waals surface area contributed by atoms with Crippen molar-refractivity contribution >= 4 is 11.8 Å². The number of aryl methyl sites for hydroxylation is 1. The van der Waals surface area contributed by atoms with E-state index in [4.69, 9.17) is 0 Å². The topological polar surface area (TPSA) is 61.4 Å². The van der Waals surface area contributed by atoms with E-state index in [0.717, 1.165) is 6.42 Å². The van der Waals surface area contributed by atoms with Gasteiger partial charge in [0.2, 0.25) is 11.8 Å². The molecule has 0 atom stereocenters. The molecule has 0 fully saturated rings. The molecule has 1 aromatic carbocycles. The van der Waals surface area contributed by atoms with Crippen LogP contribution >= 0.6 is 0 Å². The van der Waals surface area contributed by atoms with Crippen LogP contribution < -0.4 is 10.6 Å². The van der Waals surface area contributed by atoms with Crippen molar-refractivity contribution in [2.45, 2.75) is 46.6 Å². The molecule has 0 spiro atoms. The minimum Gasteiger partial charge on any atom is -0.355 e. The lowest BCUT2D eigenvalue weighted by molar-refractivity contribution is -0.125. The van der Waals surface area contributed by atoms with Crippen LogP contribution in [0.25, 0.3) is 0 Å². The Labute approximate surface area is 145 Å². The zero-order chi connectivity index (χ0) is 18.2. The lowest BCUT2D eigenvalue weighted by Gasteiger charge is -2.24. The number of nitrogens with zero attached hydrogens (tertiary/aromatic N) is 1. The second-order valence-corrected chi connectivity index (χ2v) is 7.13. The largest absolute Gasteiger partial charge is 0.355 e. The molecule has 134 valence electrons.